The van der Waals surface area contributed by atoms with Gasteiger partial charge in [0, 0.05) is 19.2 Å². The Balaban J connectivity index is 3.26. The molecule has 0 amide bonds. The third kappa shape index (κ3) is 2.64. The fraction of sp³-hybridized carbons (Fsp3) is 0.300. The summed E-state index contributed by atoms with van der Waals surface area (Å²) in [7, 11) is -2.65. The number of nitrogens with zero attached hydrogens (tertiary/aromatic N) is 3. The van der Waals surface area contributed by atoms with Crippen LogP contribution in [0.15, 0.2) is 29.2 Å². The van der Waals surface area contributed by atoms with Crippen LogP contribution in [-0.2, 0) is 10.0 Å². The highest BCUT2D eigenvalue weighted by molar-refractivity contribution is 7.89. The number of nitro groups is 1. The molecule has 7 nitrogen and oxygen atoms in total. The molecule has 0 fully saturated rings. The molecular weight excluding hydrogens is 258 g/mol. The maximum absolute atomic E-state index is 12.1. The van der Waals surface area contributed by atoms with E-state index in [-0.39, 0.29) is 10.6 Å². The highest BCUT2D eigenvalue weighted by Crippen LogP contribution is 2.21. The minimum absolute atomic E-state index is 0.207. The molecule has 0 aliphatic heterocycles. The number of nitro benzene ring substituents is 1. The normalized spacial score (nSPS) is 13.0. The highest BCUT2D eigenvalue weighted by Gasteiger charge is 2.26. The van der Waals surface area contributed by atoms with Crippen molar-refractivity contribution in [3.63, 3.8) is 0 Å². The number of hydrogen-bond acceptors (Lipinski definition) is 5. The van der Waals surface area contributed by atoms with Gasteiger partial charge in [0.05, 0.1) is 15.9 Å². The number of rotatable bonds is 4. The van der Waals surface area contributed by atoms with Gasteiger partial charge in [-0.2, -0.15) is 9.57 Å². The van der Waals surface area contributed by atoms with Crippen LogP contribution in [0.25, 0.3) is 0 Å². The molecule has 0 aliphatic carbocycles. The van der Waals surface area contributed by atoms with E-state index < -0.39 is 21.0 Å². The summed E-state index contributed by atoms with van der Waals surface area (Å²) in [6.07, 6.45) is 0. The van der Waals surface area contributed by atoms with Crippen LogP contribution in [0.2, 0.25) is 0 Å². The third-order valence-corrected chi connectivity index (χ3v) is 4.36. The van der Waals surface area contributed by atoms with E-state index in [1.54, 1.807) is 6.07 Å². The first-order valence-electron chi connectivity index (χ1n) is 4.93. The molecule has 0 radical (unpaired) electrons. The van der Waals surface area contributed by atoms with Crippen molar-refractivity contribution in [2.45, 2.75) is 17.9 Å². The van der Waals surface area contributed by atoms with E-state index in [2.05, 4.69) is 0 Å². The molecule has 1 rings (SSSR count). The maximum atomic E-state index is 12.1. The summed E-state index contributed by atoms with van der Waals surface area (Å²) in [5.41, 5.74) is -0.311. The first-order chi connectivity index (χ1) is 8.30. The van der Waals surface area contributed by atoms with Gasteiger partial charge in [0.2, 0.25) is 10.0 Å². The molecule has 1 unspecified atom stereocenters. The lowest BCUT2D eigenvalue weighted by atomic mass is 10.3. The summed E-state index contributed by atoms with van der Waals surface area (Å²) >= 11 is 0. The van der Waals surface area contributed by atoms with Gasteiger partial charge in [0.15, 0.2) is 0 Å². The Morgan fingerprint density at radius 1 is 1.50 bits per heavy atom. The fourth-order valence-corrected chi connectivity index (χ4v) is 2.53. The van der Waals surface area contributed by atoms with Crippen molar-refractivity contribution in [3.8, 4) is 6.07 Å². The van der Waals surface area contributed by atoms with E-state index in [0.29, 0.717) is 0 Å². The molecule has 0 saturated heterocycles. The van der Waals surface area contributed by atoms with Gasteiger partial charge in [0.25, 0.3) is 5.69 Å². The van der Waals surface area contributed by atoms with Crippen molar-refractivity contribution in [2.24, 2.45) is 0 Å². The standard InChI is InChI=1S/C10H11N3O4S/c1-8(7-11)12(2)18(16,17)10-5-3-4-9(6-10)13(14)15/h3-6,8H,1-2H3. The van der Waals surface area contributed by atoms with E-state index in [1.807, 2.05) is 0 Å². The molecule has 1 aromatic carbocycles. The summed E-state index contributed by atoms with van der Waals surface area (Å²) in [4.78, 5) is 9.70. The summed E-state index contributed by atoms with van der Waals surface area (Å²) in [6.45, 7) is 1.43. The zero-order chi connectivity index (χ0) is 13.9. The lowest BCUT2D eigenvalue weighted by Gasteiger charge is -2.18. The number of non-ortho nitro benzene ring substituents is 1. The molecule has 8 heteroatoms. The van der Waals surface area contributed by atoms with Crippen LogP contribution >= 0.6 is 0 Å². The molecule has 1 aromatic rings. The molecular formula is C10H11N3O4S. The smallest absolute Gasteiger partial charge is 0.258 e. The van der Waals surface area contributed by atoms with Crippen LogP contribution in [-0.4, -0.2) is 30.7 Å². The van der Waals surface area contributed by atoms with Crippen LogP contribution in [0.3, 0.4) is 0 Å². The quantitative estimate of drug-likeness (QED) is 0.601. The number of sulfonamides is 1. The second kappa shape index (κ2) is 5.12. The van der Waals surface area contributed by atoms with E-state index in [0.717, 1.165) is 10.4 Å². The molecule has 0 bridgehead atoms. The van der Waals surface area contributed by atoms with Gasteiger partial charge in [-0.3, -0.25) is 10.1 Å². The van der Waals surface area contributed by atoms with Gasteiger partial charge in [-0.15, -0.1) is 0 Å². The molecule has 0 heterocycles. The monoisotopic (exact) mass is 269 g/mol. The lowest BCUT2D eigenvalue weighted by Crippen LogP contribution is -2.34. The highest BCUT2D eigenvalue weighted by atomic mass is 32.2. The van der Waals surface area contributed by atoms with Crippen molar-refractivity contribution >= 4 is 15.7 Å². The number of benzene rings is 1. The van der Waals surface area contributed by atoms with E-state index in [1.165, 1.54) is 32.2 Å². The molecule has 0 spiro atoms. The Hall–Kier alpha value is -1.98. The van der Waals surface area contributed by atoms with Crippen LogP contribution in [0.1, 0.15) is 6.92 Å². The average molecular weight is 269 g/mol. The second-order valence-corrected chi connectivity index (χ2v) is 5.58. The SMILES string of the molecule is CC(C#N)N(C)S(=O)(=O)c1cccc([N+](=O)[O-])c1. The van der Waals surface area contributed by atoms with Gasteiger partial charge in [-0.25, -0.2) is 8.42 Å². The Morgan fingerprint density at radius 2 is 2.11 bits per heavy atom. The van der Waals surface area contributed by atoms with Crippen molar-refractivity contribution in [1.29, 1.82) is 5.26 Å². The predicted molar refractivity (Wildman–Crippen MR) is 63.1 cm³/mol. The third-order valence-electron chi connectivity index (χ3n) is 2.44. The van der Waals surface area contributed by atoms with Crippen LogP contribution < -0.4 is 0 Å². The molecule has 0 aliphatic rings. The molecule has 0 aromatic heterocycles. The summed E-state index contributed by atoms with van der Waals surface area (Å²) in [6, 6.07) is 5.65. The summed E-state index contributed by atoms with van der Waals surface area (Å²) < 4.78 is 25.0. The minimum atomic E-state index is -3.90. The topological polar surface area (TPSA) is 104 Å². The molecule has 18 heavy (non-hydrogen) atoms. The molecule has 1 atom stereocenters. The van der Waals surface area contributed by atoms with E-state index in [4.69, 9.17) is 5.26 Å². The zero-order valence-electron chi connectivity index (χ0n) is 9.77. The van der Waals surface area contributed by atoms with Crippen LogP contribution in [0, 0.1) is 21.4 Å². The van der Waals surface area contributed by atoms with Crippen LogP contribution in [0.4, 0.5) is 5.69 Å². The van der Waals surface area contributed by atoms with Gasteiger partial charge in [0.1, 0.15) is 6.04 Å². The maximum Gasteiger partial charge on any atom is 0.270 e. The Kier molecular flexibility index (Phi) is 4.00. The van der Waals surface area contributed by atoms with Crippen molar-refractivity contribution in [1.82, 2.24) is 4.31 Å². The van der Waals surface area contributed by atoms with Crippen molar-refractivity contribution < 1.29 is 13.3 Å². The van der Waals surface area contributed by atoms with Gasteiger partial charge >= 0.3 is 0 Å². The van der Waals surface area contributed by atoms with E-state index in [9.17, 15) is 18.5 Å². The Bertz CT molecular complexity index is 606. The van der Waals surface area contributed by atoms with Gasteiger partial charge in [-0.1, -0.05) is 6.07 Å². The summed E-state index contributed by atoms with van der Waals surface area (Å²) in [5, 5.41) is 19.3. The molecule has 96 valence electrons. The first-order valence-corrected chi connectivity index (χ1v) is 6.37. The lowest BCUT2D eigenvalue weighted by molar-refractivity contribution is -0.385. The Morgan fingerprint density at radius 3 is 2.61 bits per heavy atom. The minimum Gasteiger partial charge on any atom is -0.258 e. The second-order valence-electron chi connectivity index (χ2n) is 3.58. The van der Waals surface area contributed by atoms with Crippen LogP contribution in [0.5, 0.6) is 0 Å². The van der Waals surface area contributed by atoms with Crippen molar-refractivity contribution in [3.05, 3.63) is 34.4 Å². The average Bonchev–Trinajstić information content (AvgIpc) is 2.36. The fourth-order valence-electron chi connectivity index (χ4n) is 1.21. The molecule has 0 saturated carbocycles. The van der Waals surface area contributed by atoms with Crippen molar-refractivity contribution in [2.75, 3.05) is 7.05 Å². The van der Waals surface area contributed by atoms with E-state index >= 15 is 0 Å². The largest absolute Gasteiger partial charge is 0.270 e. The molecule has 0 N–H and O–H groups in total. The van der Waals surface area contributed by atoms with Gasteiger partial charge < -0.3 is 0 Å². The predicted octanol–water partition coefficient (Wildman–Crippen LogP) is 1.13. The number of hydrogen-bond donors (Lipinski definition) is 0. The first kappa shape index (κ1) is 14.1. The summed E-state index contributed by atoms with van der Waals surface area (Å²) in [5.74, 6) is 0. The number of nitriles is 1. The zero-order valence-corrected chi connectivity index (χ0v) is 10.6. The Labute approximate surface area is 104 Å². The van der Waals surface area contributed by atoms with Gasteiger partial charge in [-0.05, 0) is 13.0 Å².